The van der Waals surface area contributed by atoms with Gasteiger partial charge in [-0.2, -0.15) is 0 Å². The molecule has 0 saturated carbocycles. The third-order valence-electron chi connectivity index (χ3n) is 3.96. The third kappa shape index (κ3) is 3.22. The first kappa shape index (κ1) is 14.5. The second kappa shape index (κ2) is 6.24. The van der Waals surface area contributed by atoms with Crippen LogP contribution in [-0.4, -0.2) is 19.9 Å². The molecule has 3 aromatic rings. The summed E-state index contributed by atoms with van der Waals surface area (Å²) < 4.78 is 8.15. The molecule has 0 fully saturated rings. The van der Waals surface area contributed by atoms with Crippen LogP contribution >= 0.6 is 0 Å². The summed E-state index contributed by atoms with van der Waals surface area (Å²) >= 11 is 0. The summed E-state index contributed by atoms with van der Waals surface area (Å²) in [4.78, 5) is 15.8. The molecule has 5 heteroatoms. The summed E-state index contributed by atoms with van der Waals surface area (Å²) in [5.41, 5.74) is 7.04. The number of rotatable bonds is 0. The Kier molecular flexibility index (Phi) is 3.63. The molecule has 0 saturated heterocycles. The van der Waals surface area contributed by atoms with Crippen molar-refractivity contribution in [1.29, 1.82) is 0 Å². The van der Waals surface area contributed by atoms with Gasteiger partial charge in [0.15, 0.2) is 0 Å². The van der Waals surface area contributed by atoms with Crippen LogP contribution in [0, 0.1) is 0 Å². The van der Waals surface area contributed by atoms with Crippen molar-refractivity contribution in [3.63, 3.8) is 0 Å². The van der Waals surface area contributed by atoms with Crippen LogP contribution < -0.4 is 0 Å². The minimum absolute atomic E-state index is 0. The number of nitrogens with zero attached hydrogens (tertiary/aromatic N) is 2. The van der Waals surface area contributed by atoms with Crippen LogP contribution in [-0.2, 0) is 18.6 Å². The summed E-state index contributed by atoms with van der Waals surface area (Å²) in [5.74, 6) is 0. The van der Waals surface area contributed by atoms with Crippen molar-refractivity contribution in [2.45, 2.75) is 0 Å². The van der Waals surface area contributed by atoms with Crippen LogP contribution in [0.2, 0.25) is 0 Å². The van der Waals surface area contributed by atoms with Gasteiger partial charge in [-0.15, -0.1) is 0 Å². The number of hydrogen-bond acceptors (Lipinski definition) is 2. The second-order valence-corrected chi connectivity index (χ2v) is 5.82. The molecule has 5 rings (SSSR count). The number of nitrogens with one attached hydrogen (secondary N) is 2. The number of hydrogen-bond donors (Lipinski definition) is 2. The number of H-pyrrole nitrogens is 2. The zero-order valence-electron chi connectivity index (χ0n) is 14.2. The van der Waals surface area contributed by atoms with Crippen molar-refractivity contribution in [2.75, 3.05) is 0 Å². The average Bonchev–Trinajstić information content (AvgIpc) is 3.33. The Morgan fingerprint density at radius 3 is 1.72 bits per heavy atom. The molecule has 0 atom stereocenters. The maximum Gasteiger partial charge on any atom is 0.0659 e. The molecule has 2 N–H and O–H groups in total. The topological polar surface area (TPSA) is 57.4 Å². The Hall–Kier alpha value is -2.82. The van der Waals surface area contributed by atoms with Crippen molar-refractivity contribution in [3.8, 4) is 0 Å². The first-order chi connectivity index (χ1) is 12.2. The molecule has 0 unspecified atom stereocenters. The van der Waals surface area contributed by atoms with E-state index in [1.165, 1.54) is 0 Å². The zero-order valence-corrected chi connectivity index (χ0v) is 14.6. The molecule has 0 aromatic carbocycles. The fourth-order valence-corrected chi connectivity index (χ4v) is 2.87. The Morgan fingerprint density at radius 2 is 1.08 bits per heavy atom. The Balaban J connectivity index is 0.00000168. The van der Waals surface area contributed by atoms with E-state index in [0.29, 0.717) is 6.04 Å². The zero-order chi connectivity index (χ0) is 16.8. The van der Waals surface area contributed by atoms with Gasteiger partial charge in [-0.25, -0.2) is 9.97 Å². The van der Waals surface area contributed by atoms with Gasteiger partial charge in [0, 0.05) is 40.6 Å². The fourth-order valence-electron chi connectivity index (χ4n) is 2.87. The SMILES string of the molecule is [2H]c1cc2cc3nc(cc4nc(cc5ccc(cc1[nH]2)[nH]5)C=C4)C=C3.[V]. The molecular weight excluding hydrogens is 347 g/mol. The van der Waals surface area contributed by atoms with Crippen LogP contribution in [0.4, 0.5) is 0 Å². The first-order valence-electron chi connectivity index (χ1n) is 8.26. The van der Waals surface area contributed by atoms with Crippen molar-refractivity contribution in [1.82, 2.24) is 19.9 Å². The van der Waals surface area contributed by atoms with Crippen LogP contribution in [0.1, 0.15) is 24.1 Å². The van der Waals surface area contributed by atoms with E-state index in [4.69, 9.17) is 1.37 Å². The van der Waals surface area contributed by atoms with Gasteiger partial charge in [0.1, 0.15) is 0 Å². The monoisotopic (exact) mass is 362 g/mol. The molecule has 5 heterocycles. The molecule has 8 bridgehead atoms. The number of aromatic nitrogens is 4. The van der Waals surface area contributed by atoms with Gasteiger partial charge in [0.05, 0.1) is 24.1 Å². The molecule has 1 radical (unpaired) electrons. The standard InChI is InChI=1S/C20H14N4.V/c1-2-14-10-16-5-6-18(23-16)12-20-8-7-19(24-20)11-17-4-3-15(22-17)9-13(1)21-14;/h1-12,21-22H;/i1D;. The predicted molar refractivity (Wildman–Crippen MR) is 98.9 cm³/mol. The van der Waals surface area contributed by atoms with Crippen LogP contribution in [0.15, 0.2) is 48.5 Å². The molecule has 119 valence electrons. The van der Waals surface area contributed by atoms with Gasteiger partial charge >= 0.3 is 0 Å². The summed E-state index contributed by atoms with van der Waals surface area (Å²) in [6.07, 6.45) is 7.91. The minimum atomic E-state index is 0. The molecule has 4 nitrogen and oxygen atoms in total. The van der Waals surface area contributed by atoms with E-state index in [0.717, 1.165) is 44.8 Å². The molecule has 0 amide bonds. The van der Waals surface area contributed by atoms with Crippen LogP contribution in [0.5, 0.6) is 0 Å². The summed E-state index contributed by atoms with van der Waals surface area (Å²) in [7, 11) is 0. The molecule has 3 aromatic heterocycles. The molecule has 2 aliphatic heterocycles. The van der Waals surface area contributed by atoms with Gasteiger partial charge < -0.3 is 9.97 Å². The number of aromatic amines is 2. The maximum absolute atomic E-state index is 8.15. The van der Waals surface area contributed by atoms with Gasteiger partial charge in [0.25, 0.3) is 0 Å². The van der Waals surface area contributed by atoms with Crippen molar-refractivity contribution >= 4 is 46.4 Å². The molecule has 2 aliphatic rings. The summed E-state index contributed by atoms with van der Waals surface area (Å²) in [6, 6.07) is 14.1. The molecule has 25 heavy (non-hydrogen) atoms. The van der Waals surface area contributed by atoms with E-state index in [1.54, 1.807) is 0 Å². The van der Waals surface area contributed by atoms with E-state index in [9.17, 15) is 0 Å². The smallest absolute Gasteiger partial charge is 0.0659 e. The van der Waals surface area contributed by atoms with Crippen LogP contribution in [0.25, 0.3) is 46.4 Å². The largest absolute Gasteiger partial charge is 0.355 e. The summed E-state index contributed by atoms with van der Waals surface area (Å²) in [6.45, 7) is 0. The minimum Gasteiger partial charge on any atom is -0.355 e. The first-order valence-corrected chi connectivity index (χ1v) is 7.76. The van der Waals surface area contributed by atoms with Crippen molar-refractivity contribution in [2.24, 2.45) is 0 Å². The van der Waals surface area contributed by atoms with E-state index >= 15 is 0 Å². The van der Waals surface area contributed by atoms with Gasteiger partial charge in [-0.05, 0) is 72.8 Å². The Bertz CT molecular complexity index is 1220. The molecule has 0 spiro atoms. The van der Waals surface area contributed by atoms with E-state index in [2.05, 4.69) is 19.9 Å². The van der Waals surface area contributed by atoms with Crippen molar-refractivity contribution < 1.29 is 19.9 Å². The Labute approximate surface area is 157 Å². The van der Waals surface area contributed by atoms with E-state index in [1.807, 2.05) is 66.8 Å². The maximum atomic E-state index is 8.15. The van der Waals surface area contributed by atoms with Crippen molar-refractivity contribution in [3.05, 3.63) is 71.3 Å². The Morgan fingerprint density at radius 1 is 0.600 bits per heavy atom. The van der Waals surface area contributed by atoms with Gasteiger partial charge in [-0.1, -0.05) is 0 Å². The van der Waals surface area contributed by atoms with E-state index in [-0.39, 0.29) is 18.6 Å². The van der Waals surface area contributed by atoms with Gasteiger partial charge in [0.2, 0.25) is 0 Å². The second-order valence-electron chi connectivity index (χ2n) is 5.82. The van der Waals surface area contributed by atoms with Gasteiger partial charge in [-0.3, -0.25) is 0 Å². The molecule has 0 aliphatic carbocycles. The fraction of sp³-hybridized carbons (Fsp3) is 0. The normalized spacial score (nSPS) is 12.7. The average molecular weight is 362 g/mol. The molecular formula is C20H14N4V. The summed E-state index contributed by atoms with van der Waals surface area (Å²) in [5, 5.41) is 0. The van der Waals surface area contributed by atoms with E-state index < -0.39 is 0 Å². The van der Waals surface area contributed by atoms with Crippen LogP contribution in [0.3, 0.4) is 0 Å². The quantitative estimate of drug-likeness (QED) is 0.421. The number of fused-ring (bicyclic) bond motifs is 8. The predicted octanol–water partition coefficient (Wildman–Crippen LogP) is 4.65. The third-order valence-corrected chi connectivity index (χ3v) is 3.96.